The smallest absolute Gasteiger partial charge is 0.407 e. The Hall–Kier alpha value is -3.32. The molecule has 1 amide bonds. The highest BCUT2D eigenvalue weighted by Crippen LogP contribution is 2.44. The van der Waals surface area contributed by atoms with Crippen LogP contribution in [0.4, 0.5) is 4.79 Å². The lowest BCUT2D eigenvalue weighted by molar-refractivity contribution is -0.228. The van der Waals surface area contributed by atoms with E-state index in [4.69, 9.17) is 32.7 Å². The van der Waals surface area contributed by atoms with Crippen LogP contribution >= 0.6 is 7.82 Å². The van der Waals surface area contributed by atoms with Crippen LogP contribution in [0.3, 0.4) is 0 Å². The molecule has 0 bridgehead atoms. The van der Waals surface area contributed by atoms with Crippen molar-refractivity contribution in [3.8, 4) is 11.1 Å². The van der Waals surface area contributed by atoms with E-state index in [1.807, 2.05) is 48.5 Å². The van der Waals surface area contributed by atoms with Crippen molar-refractivity contribution >= 4 is 25.9 Å². The number of carbonyl (C=O) groups is 3. The lowest BCUT2D eigenvalue weighted by Gasteiger charge is -2.25. The Morgan fingerprint density at radius 3 is 1.58 bits per heavy atom. The maximum atomic E-state index is 12.7. The number of rotatable bonds is 36. The van der Waals surface area contributed by atoms with Gasteiger partial charge in [0, 0.05) is 52.7 Å². The van der Waals surface area contributed by atoms with Gasteiger partial charge in [-0.05, 0) is 47.9 Å². The number of amides is 1. The number of phosphoric acid groups is 1. The summed E-state index contributed by atoms with van der Waals surface area (Å²) in [6.45, 7) is 0.220. The van der Waals surface area contributed by atoms with Crippen molar-refractivity contribution in [2.45, 2.75) is 140 Å². The van der Waals surface area contributed by atoms with Gasteiger partial charge in [-0.2, -0.15) is 0 Å². The quantitative estimate of drug-likeness (QED) is 0.0299. The van der Waals surface area contributed by atoms with E-state index in [1.54, 1.807) is 14.2 Å². The summed E-state index contributed by atoms with van der Waals surface area (Å²) < 4.78 is 49.2. The molecule has 1 N–H and O–H groups in total. The van der Waals surface area contributed by atoms with Crippen LogP contribution in [0.15, 0.2) is 48.5 Å². The SMILES string of the molecule is COCCCCCCCCCCCC(=O)OCC(COP(=O)([O-])OCCNC(=O)OCC1c2ccccc2-c2ccccc21)OC(=O)CCCCCCCCCCCOC. The fourth-order valence-corrected chi connectivity index (χ4v) is 8.04. The third kappa shape index (κ3) is 22.0. The van der Waals surface area contributed by atoms with Crippen molar-refractivity contribution in [1.29, 1.82) is 0 Å². The number of hydrogen-bond donors (Lipinski definition) is 1. The molecular weight excluding hydrogens is 789 g/mol. The highest BCUT2D eigenvalue weighted by atomic mass is 31.2. The van der Waals surface area contributed by atoms with Gasteiger partial charge >= 0.3 is 18.0 Å². The van der Waals surface area contributed by atoms with Gasteiger partial charge in [0.05, 0.1) is 13.2 Å². The first-order valence-corrected chi connectivity index (χ1v) is 23.7. The molecule has 1 aliphatic rings. The first-order chi connectivity index (χ1) is 29.2. The van der Waals surface area contributed by atoms with Gasteiger partial charge in [-0.1, -0.05) is 138 Å². The van der Waals surface area contributed by atoms with Crippen LogP contribution < -0.4 is 10.2 Å². The highest BCUT2D eigenvalue weighted by molar-refractivity contribution is 7.45. The number of unbranched alkanes of at least 4 members (excludes halogenated alkanes) is 16. The molecule has 0 saturated heterocycles. The Morgan fingerprint density at radius 2 is 1.07 bits per heavy atom. The summed E-state index contributed by atoms with van der Waals surface area (Å²) in [4.78, 5) is 50.4. The zero-order valence-electron chi connectivity index (χ0n) is 36.2. The van der Waals surface area contributed by atoms with E-state index >= 15 is 0 Å². The van der Waals surface area contributed by atoms with E-state index in [1.165, 1.54) is 44.9 Å². The maximum absolute atomic E-state index is 12.7. The molecule has 2 aromatic carbocycles. The Bertz CT molecular complexity index is 1490. The Balaban J connectivity index is 1.35. The molecule has 60 heavy (non-hydrogen) atoms. The summed E-state index contributed by atoms with van der Waals surface area (Å²) in [6, 6.07) is 16.0. The van der Waals surface area contributed by atoms with E-state index in [2.05, 4.69) is 5.32 Å². The van der Waals surface area contributed by atoms with Crippen molar-refractivity contribution in [3.05, 3.63) is 59.7 Å². The molecule has 0 spiro atoms. The molecule has 338 valence electrons. The minimum absolute atomic E-state index is 0.112. The van der Waals surface area contributed by atoms with Crippen LogP contribution in [0.25, 0.3) is 11.1 Å². The number of benzene rings is 2. The molecule has 0 aliphatic heterocycles. The van der Waals surface area contributed by atoms with Crippen molar-refractivity contribution in [2.75, 3.05) is 60.4 Å². The highest BCUT2D eigenvalue weighted by Gasteiger charge is 2.29. The Morgan fingerprint density at radius 1 is 0.600 bits per heavy atom. The second-order valence-electron chi connectivity index (χ2n) is 15.5. The summed E-state index contributed by atoms with van der Waals surface area (Å²) in [5.41, 5.74) is 4.36. The van der Waals surface area contributed by atoms with Crippen LogP contribution in [0.1, 0.15) is 145 Å². The number of fused-ring (bicyclic) bond motifs is 3. The number of carbonyl (C=O) groups excluding carboxylic acids is 3. The third-order valence-electron chi connectivity index (χ3n) is 10.6. The second kappa shape index (κ2) is 31.5. The number of methoxy groups -OCH3 is 2. The fourth-order valence-electron chi connectivity index (χ4n) is 7.30. The first-order valence-electron chi connectivity index (χ1n) is 22.3. The molecule has 3 rings (SSSR count). The lowest BCUT2D eigenvalue weighted by Crippen LogP contribution is -2.31. The average Bonchev–Trinajstić information content (AvgIpc) is 3.57. The topological polar surface area (TPSA) is 168 Å². The van der Waals surface area contributed by atoms with Gasteiger partial charge in [-0.15, -0.1) is 0 Å². The largest absolute Gasteiger partial charge is 0.756 e. The fraction of sp³-hybridized carbons (Fsp3) is 0.674. The van der Waals surface area contributed by atoms with Gasteiger partial charge in [0.25, 0.3) is 7.82 Å². The van der Waals surface area contributed by atoms with E-state index < -0.39 is 45.2 Å². The van der Waals surface area contributed by atoms with Crippen molar-refractivity contribution in [2.24, 2.45) is 0 Å². The average molecular weight is 861 g/mol. The Kier molecular flexibility index (Phi) is 26.8. The van der Waals surface area contributed by atoms with Crippen LogP contribution in [-0.4, -0.2) is 84.5 Å². The van der Waals surface area contributed by atoms with Gasteiger partial charge in [0.2, 0.25) is 0 Å². The van der Waals surface area contributed by atoms with Gasteiger partial charge < -0.3 is 42.9 Å². The molecule has 1 aliphatic carbocycles. The molecule has 2 aromatic rings. The standard InChI is InChI=1S/C46H72NO12P/c1-53-32-23-15-11-7-3-5-9-13-17-29-44(48)55-35-38(59-45(49)30-18-14-10-6-4-8-12-16-24-33-54-2)36-58-60(51,52)57-34-31-47-46(50)56-37-43-41-27-21-19-25-39(41)40-26-20-22-28-42(40)43/h19-22,25-28,38,43H,3-18,23-24,29-37H2,1-2H3,(H,47,50)(H,51,52)/p-1. The molecule has 0 heterocycles. The number of nitrogens with one attached hydrogen (secondary N) is 1. The summed E-state index contributed by atoms with van der Waals surface area (Å²) in [6.07, 6.45) is 17.5. The zero-order valence-corrected chi connectivity index (χ0v) is 37.1. The monoisotopic (exact) mass is 860 g/mol. The third-order valence-corrected chi connectivity index (χ3v) is 11.5. The number of hydrogen-bond acceptors (Lipinski definition) is 12. The van der Waals surface area contributed by atoms with Crippen LogP contribution in [0, 0.1) is 0 Å². The van der Waals surface area contributed by atoms with Crippen molar-refractivity contribution in [3.63, 3.8) is 0 Å². The van der Waals surface area contributed by atoms with E-state index in [0.717, 1.165) is 93.3 Å². The molecular formula is C46H71NO12P-. The minimum atomic E-state index is -4.88. The Labute approximate surface area is 358 Å². The van der Waals surface area contributed by atoms with Gasteiger partial charge in [-0.25, -0.2) is 4.79 Å². The summed E-state index contributed by atoms with van der Waals surface area (Å²) in [5.74, 6) is -1.09. The van der Waals surface area contributed by atoms with E-state index in [9.17, 15) is 23.8 Å². The molecule has 0 saturated carbocycles. The van der Waals surface area contributed by atoms with Crippen molar-refractivity contribution < 1.29 is 56.6 Å². The zero-order chi connectivity index (χ0) is 43.1. The number of esters is 2. The van der Waals surface area contributed by atoms with Crippen LogP contribution in [0.5, 0.6) is 0 Å². The second-order valence-corrected chi connectivity index (χ2v) is 16.9. The predicted octanol–water partition coefficient (Wildman–Crippen LogP) is 9.58. The summed E-state index contributed by atoms with van der Waals surface area (Å²) in [7, 11) is -1.43. The molecule has 13 nitrogen and oxygen atoms in total. The number of ether oxygens (including phenoxy) is 5. The van der Waals surface area contributed by atoms with E-state index in [-0.39, 0.29) is 38.5 Å². The number of alkyl carbamates (subject to hydrolysis) is 1. The van der Waals surface area contributed by atoms with Gasteiger partial charge in [-0.3, -0.25) is 14.2 Å². The van der Waals surface area contributed by atoms with Gasteiger partial charge in [0.15, 0.2) is 6.10 Å². The molecule has 0 aromatic heterocycles. The van der Waals surface area contributed by atoms with Crippen LogP contribution in [0.2, 0.25) is 0 Å². The summed E-state index contributed by atoms with van der Waals surface area (Å²) in [5, 5.41) is 2.50. The summed E-state index contributed by atoms with van der Waals surface area (Å²) >= 11 is 0. The molecule has 0 radical (unpaired) electrons. The molecule has 0 fully saturated rings. The number of phosphoric ester groups is 1. The maximum Gasteiger partial charge on any atom is 0.407 e. The van der Waals surface area contributed by atoms with Crippen molar-refractivity contribution in [1.82, 2.24) is 5.32 Å². The van der Waals surface area contributed by atoms with E-state index in [0.29, 0.717) is 12.8 Å². The molecule has 2 atom stereocenters. The van der Waals surface area contributed by atoms with Gasteiger partial charge in [0.1, 0.15) is 13.2 Å². The predicted molar refractivity (Wildman–Crippen MR) is 230 cm³/mol. The molecule has 14 heteroatoms. The first kappa shape index (κ1) is 51.0. The minimum Gasteiger partial charge on any atom is -0.756 e. The normalized spacial score (nSPS) is 13.6. The lowest BCUT2D eigenvalue weighted by atomic mass is 9.98. The van der Waals surface area contributed by atoms with Crippen LogP contribution in [-0.2, 0) is 46.9 Å². The molecule has 2 unspecified atom stereocenters.